The minimum Gasteiger partial charge on any atom is -0.496 e. The van der Waals surface area contributed by atoms with Crippen molar-refractivity contribution in [3.05, 3.63) is 29.3 Å². The summed E-state index contributed by atoms with van der Waals surface area (Å²) in [7, 11) is 1.58. The van der Waals surface area contributed by atoms with E-state index in [1.165, 1.54) is 0 Å². The Kier molecular flexibility index (Phi) is 4.30. The smallest absolute Gasteiger partial charge is 0.328 e. The van der Waals surface area contributed by atoms with Gasteiger partial charge >= 0.3 is 5.97 Å². The Hall–Kier alpha value is -1.59. The van der Waals surface area contributed by atoms with E-state index in [1.807, 2.05) is 30.0 Å². The molecule has 1 saturated heterocycles. The van der Waals surface area contributed by atoms with Crippen molar-refractivity contribution >= 4 is 5.97 Å². The van der Waals surface area contributed by atoms with Crippen LogP contribution >= 0.6 is 0 Å². The Morgan fingerprint density at radius 2 is 2.05 bits per heavy atom. The maximum atomic E-state index is 12.0. The molecule has 0 saturated carbocycles. The highest BCUT2D eigenvalue weighted by Gasteiger charge is 2.43. The number of hydrogen-bond acceptors (Lipinski definition) is 4. The summed E-state index contributed by atoms with van der Waals surface area (Å²) in [4.78, 5) is 14.0. The molecule has 5 nitrogen and oxygen atoms in total. The lowest BCUT2D eigenvalue weighted by Crippen LogP contribution is -2.56. The van der Waals surface area contributed by atoms with Crippen LogP contribution in [-0.4, -0.2) is 49.3 Å². The van der Waals surface area contributed by atoms with Gasteiger partial charge in [-0.3, -0.25) is 4.90 Å². The average Bonchev–Trinajstić information content (AvgIpc) is 2.47. The number of carboxylic acids is 1. The summed E-state index contributed by atoms with van der Waals surface area (Å²) >= 11 is 0. The van der Waals surface area contributed by atoms with Gasteiger partial charge in [-0.15, -0.1) is 0 Å². The lowest BCUT2D eigenvalue weighted by molar-refractivity contribution is -0.152. The summed E-state index contributed by atoms with van der Waals surface area (Å²) in [6, 6.07) is 5.69. The maximum Gasteiger partial charge on any atom is 0.328 e. The first-order valence-electron chi connectivity index (χ1n) is 6.84. The van der Waals surface area contributed by atoms with Gasteiger partial charge in [0.05, 0.1) is 7.11 Å². The van der Waals surface area contributed by atoms with Gasteiger partial charge in [-0.2, -0.15) is 0 Å². The molecule has 0 amide bonds. The van der Waals surface area contributed by atoms with Gasteiger partial charge in [-0.1, -0.05) is 11.6 Å². The molecule has 0 bridgehead atoms. The summed E-state index contributed by atoms with van der Waals surface area (Å²) < 4.78 is 5.38. The van der Waals surface area contributed by atoms with Crippen molar-refractivity contribution in [2.24, 2.45) is 0 Å². The number of benzene rings is 1. The molecule has 1 atom stereocenters. The van der Waals surface area contributed by atoms with Crippen LogP contribution < -0.4 is 10.1 Å². The van der Waals surface area contributed by atoms with Gasteiger partial charge in [0.1, 0.15) is 11.3 Å². The Labute approximate surface area is 119 Å². The molecular formula is C15H22N2O3. The zero-order chi connectivity index (χ0) is 14.8. The van der Waals surface area contributed by atoms with Crippen LogP contribution in [0.3, 0.4) is 0 Å². The number of aryl methyl sites for hydroxylation is 1. The molecule has 2 N–H and O–H groups in total. The Morgan fingerprint density at radius 3 is 2.60 bits per heavy atom. The lowest BCUT2D eigenvalue weighted by Gasteiger charge is -2.41. The molecule has 1 fully saturated rings. The van der Waals surface area contributed by atoms with Gasteiger partial charge in [0, 0.05) is 31.7 Å². The van der Waals surface area contributed by atoms with E-state index in [-0.39, 0.29) is 0 Å². The Bertz CT molecular complexity index is 498. The fourth-order valence-corrected chi connectivity index (χ4v) is 2.74. The van der Waals surface area contributed by atoms with Crippen LogP contribution in [0.25, 0.3) is 0 Å². The molecule has 1 aliphatic rings. The van der Waals surface area contributed by atoms with Crippen LogP contribution in [0.4, 0.5) is 0 Å². The molecule has 0 aliphatic carbocycles. The van der Waals surface area contributed by atoms with Gasteiger partial charge in [0.25, 0.3) is 0 Å². The highest BCUT2D eigenvalue weighted by Crippen LogP contribution is 2.36. The average molecular weight is 278 g/mol. The first-order valence-corrected chi connectivity index (χ1v) is 6.84. The van der Waals surface area contributed by atoms with E-state index >= 15 is 0 Å². The van der Waals surface area contributed by atoms with E-state index in [2.05, 4.69) is 5.32 Å². The zero-order valence-electron chi connectivity index (χ0n) is 12.3. The Balaban J connectivity index is 2.51. The molecule has 1 unspecified atom stereocenters. The van der Waals surface area contributed by atoms with Gasteiger partial charge in [0.2, 0.25) is 0 Å². The summed E-state index contributed by atoms with van der Waals surface area (Å²) in [5.41, 5.74) is 0.678. The molecule has 2 rings (SSSR count). The summed E-state index contributed by atoms with van der Waals surface area (Å²) in [5.74, 6) is -0.220. The second-order valence-electron chi connectivity index (χ2n) is 5.32. The van der Waals surface area contributed by atoms with E-state index in [9.17, 15) is 9.90 Å². The van der Waals surface area contributed by atoms with E-state index in [1.54, 1.807) is 14.0 Å². The molecule has 0 radical (unpaired) electrons. The Morgan fingerprint density at radius 1 is 1.40 bits per heavy atom. The maximum absolute atomic E-state index is 12.0. The van der Waals surface area contributed by atoms with E-state index in [4.69, 9.17) is 4.74 Å². The first kappa shape index (κ1) is 14.8. The van der Waals surface area contributed by atoms with Crippen LogP contribution in [0.5, 0.6) is 5.75 Å². The second kappa shape index (κ2) is 5.81. The first-order chi connectivity index (χ1) is 9.50. The number of hydrogen-bond donors (Lipinski definition) is 2. The van der Waals surface area contributed by atoms with E-state index in [0.29, 0.717) is 18.8 Å². The second-order valence-corrected chi connectivity index (χ2v) is 5.32. The van der Waals surface area contributed by atoms with Crippen molar-refractivity contribution < 1.29 is 14.6 Å². The number of methoxy groups -OCH3 is 1. The fraction of sp³-hybridized carbons (Fsp3) is 0.533. The van der Waals surface area contributed by atoms with Crippen LogP contribution in [0.1, 0.15) is 18.1 Å². The molecule has 110 valence electrons. The zero-order valence-corrected chi connectivity index (χ0v) is 12.3. The van der Waals surface area contributed by atoms with Crippen molar-refractivity contribution in [3.63, 3.8) is 0 Å². The minimum absolute atomic E-state index is 0.624. The summed E-state index contributed by atoms with van der Waals surface area (Å²) in [6.07, 6.45) is 0. The van der Waals surface area contributed by atoms with E-state index in [0.717, 1.165) is 24.2 Å². The van der Waals surface area contributed by atoms with Crippen LogP contribution in [-0.2, 0) is 10.3 Å². The van der Waals surface area contributed by atoms with Crippen molar-refractivity contribution in [3.8, 4) is 5.75 Å². The van der Waals surface area contributed by atoms with Crippen molar-refractivity contribution in [2.75, 3.05) is 33.3 Å². The predicted molar refractivity (Wildman–Crippen MR) is 77.2 cm³/mol. The number of piperazine rings is 1. The standard InChI is InChI=1S/C15H22N2O3/c1-11-4-5-13(20-3)12(10-11)15(2,14(18)19)17-8-6-16-7-9-17/h4-5,10,16H,6-9H2,1-3H3,(H,18,19). The fourth-order valence-electron chi connectivity index (χ4n) is 2.74. The molecule has 0 aromatic heterocycles. The SMILES string of the molecule is COc1ccc(C)cc1C(C)(C(=O)O)N1CCNCC1. The van der Waals surface area contributed by atoms with Crippen LogP contribution in [0.2, 0.25) is 0 Å². The minimum atomic E-state index is -1.07. The molecule has 1 aromatic carbocycles. The van der Waals surface area contributed by atoms with Crippen molar-refractivity contribution in [1.29, 1.82) is 0 Å². The monoisotopic (exact) mass is 278 g/mol. The molecule has 0 spiro atoms. The summed E-state index contributed by atoms with van der Waals surface area (Å²) in [5, 5.41) is 13.1. The number of ether oxygens (including phenoxy) is 1. The van der Waals surface area contributed by atoms with Gasteiger partial charge < -0.3 is 15.2 Å². The predicted octanol–water partition coefficient (Wildman–Crippen LogP) is 1.21. The summed E-state index contributed by atoms with van der Waals surface area (Å²) in [6.45, 7) is 6.74. The van der Waals surface area contributed by atoms with Crippen molar-refractivity contribution in [1.82, 2.24) is 10.2 Å². The van der Waals surface area contributed by atoms with Crippen LogP contribution in [0.15, 0.2) is 18.2 Å². The number of aliphatic carboxylic acids is 1. The number of nitrogens with one attached hydrogen (secondary N) is 1. The topological polar surface area (TPSA) is 61.8 Å². The third-order valence-electron chi connectivity index (χ3n) is 4.05. The molecule has 1 heterocycles. The van der Waals surface area contributed by atoms with E-state index < -0.39 is 11.5 Å². The molecule has 5 heteroatoms. The molecule has 20 heavy (non-hydrogen) atoms. The number of carbonyl (C=O) groups is 1. The van der Waals surface area contributed by atoms with Crippen molar-refractivity contribution in [2.45, 2.75) is 19.4 Å². The third kappa shape index (κ3) is 2.51. The van der Waals surface area contributed by atoms with Gasteiger partial charge in [-0.25, -0.2) is 4.79 Å². The lowest BCUT2D eigenvalue weighted by atomic mass is 9.87. The third-order valence-corrected chi connectivity index (χ3v) is 4.05. The highest BCUT2D eigenvalue weighted by molar-refractivity contribution is 5.81. The largest absolute Gasteiger partial charge is 0.496 e. The molecular weight excluding hydrogens is 256 g/mol. The number of nitrogens with zero attached hydrogens (tertiary/aromatic N) is 1. The molecule has 1 aliphatic heterocycles. The normalized spacial score (nSPS) is 19.4. The molecule has 1 aromatic rings. The quantitative estimate of drug-likeness (QED) is 0.867. The van der Waals surface area contributed by atoms with Gasteiger partial charge in [-0.05, 0) is 26.0 Å². The number of rotatable bonds is 4. The highest BCUT2D eigenvalue weighted by atomic mass is 16.5. The van der Waals surface area contributed by atoms with Crippen LogP contribution in [0, 0.1) is 6.92 Å². The van der Waals surface area contributed by atoms with Gasteiger partial charge in [0.15, 0.2) is 0 Å². The number of carboxylic acid groups (broad SMARTS) is 1.